The average Bonchev–Trinajstić information content (AvgIpc) is 3.06. The van der Waals surface area contributed by atoms with E-state index in [4.69, 9.17) is 0 Å². The number of rotatable bonds is 7. The van der Waals surface area contributed by atoms with Crippen LogP contribution in [-0.2, 0) is 30.2 Å². The third-order valence-electron chi connectivity index (χ3n) is 3.04. The van der Waals surface area contributed by atoms with E-state index in [9.17, 15) is 8.42 Å². The van der Waals surface area contributed by atoms with Crippen molar-refractivity contribution in [2.45, 2.75) is 24.2 Å². The van der Waals surface area contributed by atoms with E-state index in [1.54, 1.807) is 24.0 Å². The van der Waals surface area contributed by atoms with E-state index >= 15 is 0 Å². The van der Waals surface area contributed by atoms with Crippen molar-refractivity contribution in [2.24, 2.45) is 7.05 Å². The number of hydrogen-bond acceptors (Lipinski definition) is 5. The molecule has 8 heteroatoms. The molecule has 0 saturated heterocycles. The van der Waals surface area contributed by atoms with Crippen LogP contribution < -0.4 is 5.32 Å². The maximum Gasteiger partial charge on any atom is 0.252 e. The van der Waals surface area contributed by atoms with Crippen molar-refractivity contribution in [3.8, 4) is 0 Å². The van der Waals surface area contributed by atoms with Gasteiger partial charge in [-0.25, -0.2) is 8.42 Å². The maximum absolute atomic E-state index is 12.5. The topological polar surface area (TPSA) is 67.2 Å². The van der Waals surface area contributed by atoms with Crippen LogP contribution in [0.15, 0.2) is 28.0 Å². The van der Waals surface area contributed by atoms with Crippen LogP contribution in [0.3, 0.4) is 0 Å². The average molecular weight is 328 g/mol. The minimum absolute atomic E-state index is 0.316. The standard InChI is InChI=1S/C13H20N4O2S2/c1-4-14-6-11-5-13(20-10-11)21(18,19)17(3)9-12-7-15-16(2)8-12/h5,7-8,10,14H,4,6,9H2,1-3H3. The highest BCUT2D eigenvalue weighted by atomic mass is 32.2. The quantitative estimate of drug-likeness (QED) is 0.834. The Morgan fingerprint density at radius 2 is 2.19 bits per heavy atom. The van der Waals surface area contributed by atoms with E-state index in [2.05, 4.69) is 10.4 Å². The predicted molar refractivity (Wildman–Crippen MR) is 83.6 cm³/mol. The van der Waals surface area contributed by atoms with Gasteiger partial charge in [-0.3, -0.25) is 4.68 Å². The molecule has 0 atom stereocenters. The van der Waals surface area contributed by atoms with Crippen molar-refractivity contribution >= 4 is 21.4 Å². The molecular formula is C13H20N4O2S2. The zero-order valence-corrected chi connectivity index (χ0v) is 14.0. The van der Waals surface area contributed by atoms with Crippen molar-refractivity contribution in [3.05, 3.63) is 35.0 Å². The van der Waals surface area contributed by atoms with Gasteiger partial charge in [-0.2, -0.15) is 9.40 Å². The highest BCUT2D eigenvalue weighted by Gasteiger charge is 2.23. The molecule has 0 aromatic carbocycles. The van der Waals surface area contributed by atoms with Crippen molar-refractivity contribution < 1.29 is 8.42 Å². The van der Waals surface area contributed by atoms with Crippen LogP contribution in [0.5, 0.6) is 0 Å². The van der Waals surface area contributed by atoms with E-state index < -0.39 is 10.0 Å². The number of aryl methyl sites for hydroxylation is 1. The van der Waals surface area contributed by atoms with Crippen LogP contribution in [0.2, 0.25) is 0 Å². The number of nitrogens with one attached hydrogen (secondary N) is 1. The van der Waals surface area contributed by atoms with Crippen LogP contribution in [0.4, 0.5) is 0 Å². The SMILES string of the molecule is CCNCc1csc(S(=O)(=O)N(C)Cc2cnn(C)c2)c1. The lowest BCUT2D eigenvalue weighted by Crippen LogP contribution is -2.25. The van der Waals surface area contributed by atoms with Crippen molar-refractivity contribution in [1.82, 2.24) is 19.4 Å². The highest BCUT2D eigenvalue weighted by Crippen LogP contribution is 2.24. The molecule has 0 saturated carbocycles. The predicted octanol–water partition coefficient (Wildman–Crippen LogP) is 1.41. The Bertz CT molecular complexity index is 691. The molecule has 2 aromatic rings. The van der Waals surface area contributed by atoms with Crippen LogP contribution in [0.25, 0.3) is 0 Å². The molecule has 6 nitrogen and oxygen atoms in total. The Hall–Kier alpha value is -1.22. The number of hydrogen-bond donors (Lipinski definition) is 1. The molecule has 2 heterocycles. The lowest BCUT2D eigenvalue weighted by Gasteiger charge is -2.14. The molecule has 0 aliphatic rings. The summed E-state index contributed by atoms with van der Waals surface area (Å²) in [5, 5.41) is 9.12. The van der Waals surface area contributed by atoms with E-state index in [0.29, 0.717) is 17.3 Å². The molecule has 0 spiro atoms. The Morgan fingerprint density at radius 3 is 2.81 bits per heavy atom. The normalized spacial score (nSPS) is 12.2. The molecule has 2 rings (SSSR count). The van der Waals surface area contributed by atoms with Crippen LogP contribution in [-0.4, -0.2) is 36.1 Å². The minimum Gasteiger partial charge on any atom is -0.313 e. The Morgan fingerprint density at radius 1 is 1.43 bits per heavy atom. The summed E-state index contributed by atoms with van der Waals surface area (Å²) in [6, 6.07) is 1.74. The van der Waals surface area contributed by atoms with E-state index in [0.717, 1.165) is 17.7 Å². The van der Waals surface area contributed by atoms with Crippen molar-refractivity contribution in [3.63, 3.8) is 0 Å². The van der Waals surface area contributed by atoms with E-state index in [-0.39, 0.29) is 0 Å². The molecule has 21 heavy (non-hydrogen) atoms. The van der Waals surface area contributed by atoms with Gasteiger partial charge in [0.25, 0.3) is 10.0 Å². The monoisotopic (exact) mass is 328 g/mol. The lowest BCUT2D eigenvalue weighted by atomic mass is 10.3. The molecular weight excluding hydrogens is 308 g/mol. The molecule has 0 fully saturated rings. The molecule has 0 amide bonds. The molecule has 1 N–H and O–H groups in total. The van der Waals surface area contributed by atoms with E-state index in [1.807, 2.05) is 25.5 Å². The van der Waals surface area contributed by atoms with E-state index in [1.165, 1.54) is 15.6 Å². The second-order valence-corrected chi connectivity index (χ2v) is 8.02. The fourth-order valence-corrected chi connectivity index (χ4v) is 4.48. The van der Waals surface area contributed by atoms with Crippen molar-refractivity contribution in [2.75, 3.05) is 13.6 Å². The number of nitrogens with zero attached hydrogens (tertiary/aromatic N) is 3. The van der Waals surface area contributed by atoms with Crippen LogP contribution in [0.1, 0.15) is 18.1 Å². The third-order valence-corrected chi connectivity index (χ3v) is 6.30. The maximum atomic E-state index is 12.5. The summed E-state index contributed by atoms with van der Waals surface area (Å²) in [4.78, 5) is 0. The molecule has 116 valence electrons. The molecule has 0 aliphatic heterocycles. The summed E-state index contributed by atoms with van der Waals surface area (Å²) in [6.45, 7) is 3.88. The van der Waals surface area contributed by atoms with Gasteiger partial charge in [-0.05, 0) is 23.6 Å². The number of thiophene rings is 1. The van der Waals surface area contributed by atoms with Gasteiger partial charge in [-0.1, -0.05) is 6.92 Å². The number of aromatic nitrogens is 2. The van der Waals surface area contributed by atoms with Gasteiger partial charge < -0.3 is 5.32 Å². The molecule has 0 aliphatic carbocycles. The molecule has 0 unspecified atom stereocenters. The van der Waals surface area contributed by atoms with Crippen LogP contribution in [0, 0.1) is 0 Å². The van der Waals surface area contributed by atoms with Gasteiger partial charge in [0.15, 0.2) is 0 Å². The van der Waals surface area contributed by atoms with Gasteiger partial charge in [0.1, 0.15) is 4.21 Å². The summed E-state index contributed by atoms with van der Waals surface area (Å²) in [7, 11) is -0.0460. The fraction of sp³-hybridized carbons (Fsp3) is 0.462. The lowest BCUT2D eigenvalue weighted by molar-refractivity contribution is 0.468. The Balaban J connectivity index is 2.11. The summed E-state index contributed by atoms with van der Waals surface area (Å²) in [6.07, 6.45) is 3.49. The van der Waals surface area contributed by atoms with Gasteiger partial charge in [0.05, 0.1) is 6.20 Å². The number of sulfonamides is 1. The summed E-state index contributed by atoms with van der Waals surface area (Å²) >= 11 is 1.26. The largest absolute Gasteiger partial charge is 0.313 e. The van der Waals surface area contributed by atoms with Gasteiger partial charge in [0.2, 0.25) is 0 Å². The highest BCUT2D eigenvalue weighted by molar-refractivity contribution is 7.91. The summed E-state index contributed by atoms with van der Waals surface area (Å²) in [5.41, 5.74) is 1.86. The second kappa shape index (κ2) is 6.69. The van der Waals surface area contributed by atoms with Gasteiger partial charge in [-0.15, -0.1) is 11.3 Å². The smallest absolute Gasteiger partial charge is 0.252 e. The second-order valence-electron chi connectivity index (χ2n) is 4.84. The third kappa shape index (κ3) is 3.91. The zero-order valence-electron chi connectivity index (χ0n) is 12.4. The molecule has 0 bridgehead atoms. The first kappa shape index (κ1) is 16.2. The van der Waals surface area contributed by atoms with Gasteiger partial charge in [0, 0.05) is 38.9 Å². The molecule has 0 radical (unpaired) electrons. The van der Waals surface area contributed by atoms with Gasteiger partial charge >= 0.3 is 0 Å². The molecule has 2 aromatic heterocycles. The first-order valence-electron chi connectivity index (χ1n) is 6.65. The van der Waals surface area contributed by atoms with Crippen molar-refractivity contribution in [1.29, 1.82) is 0 Å². The summed E-state index contributed by atoms with van der Waals surface area (Å²) < 4.78 is 28.4. The first-order chi connectivity index (χ1) is 9.93. The van der Waals surface area contributed by atoms with Crippen LogP contribution >= 0.6 is 11.3 Å². The Labute approximate surface area is 129 Å². The fourth-order valence-electron chi connectivity index (χ4n) is 1.90. The minimum atomic E-state index is -3.45. The first-order valence-corrected chi connectivity index (χ1v) is 8.97. The zero-order chi connectivity index (χ0) is 15.5. The Kier molecular flexibility index (Phi) is 5.15. The summed E-state index contributed by atoms with van der Waals surface area (Å²) in [5.74, 6) is 0.